The van der Waals surface area contributed by atoms with Crippen molar-refractivity contribution in [3.8, 4) is 5.75 Å². The Morgan fingerprint density at radius 2 is 1.47 bits per heavy atom. The van der Waals surface area contributed by atoms with E-state index in [9.17, 15) is 4.79 Å². The normalized spacial score (nSPS) is 19.7. The van der Waals surface area contributed by atoms with Crippen LogP contribution in [0.5, 0.6) is 5.75 Å². The van der Waals surface area contributed by atoms with Crippen LogP contribution in [0.1, 0.15) is 58.6 Å². The summed E-state index contributed by atoms with van der Waals surface area (Å²) in [6.45, 7) is 12.7. The van der Waals surface area contributed by atoms with Gasteiger partial charge in [-0.15, -0.1) is 0 Å². The zero-order valence-corrected chi connectivity index (χ0v) is 19.3. The fourth-order valence-corrected chi connectivity index (χ4v) is 4.17. The Bertz CT molecular complexity index is 948. The molecular weight excluding hydrogens is 368 g/mol. The highest BCUT2D eigenvalue weighted by Crippen LogP contribution is 2.48. The zero-order chi connectivity index (χ0) is 22.1. The molecule has 0 aromatic heterocycles. The molecular formula is C28H34O2. The number of allylic oxidation sites excluding steroid dienone is 4. The summed E-state index contributed by atoms with van der Waals surface area (Å²) in [5.41, 5.74) is 4.15. The third kappa shape index (κ3) is 4.59. The molecule has 0 N–H and O–H groups in total. The van der Waals surface area contributed by atoms with E-state index in [0.29, 0.717) is 5.78 Å². The molecule has 30 heavy (non-hydrogen) atoms. The number of hydrogen-bond acceptors (Lipinski definition) is 2. The van der Waals surface area contributed by atoms with Crippen molar-refractivity contribution in [3.05, 3.63) is 83.4 Å². The van der Waals surface area contributed by atoms with Crippen molar-refractivity contribution in [3.63, 3.8) is 0 Å². The van der Waals surface area contributed by atoms with E-state index >= 15 is 0 Å². The largest absolute Gasteiger partial charge is 0.497 e. The number of Topliss-reactive ketones (excluding diaryl/α,β-unsaturated/α-hetero) is 1. The van der Waals surface area contributed by atoms with Crippen LogP contribution in [0.25, 0.3) is 5.57 Å². The molecule has 0 saturated carbocycles. The minimum Gasteiger partial charge on any atom is -0.497 e. The van der Waals surface area contributed by atoms with Gasteiger partial charge in [0.1, 0.15) is 11.5 Å². The lowest BCUT2D eigenvalue weighted by atomic mass is 9.63. The monoisotopic (exact) mass is 402 g/mol. The highest BCUT2D eigenvalue weighted by molar-refractivity contribution is 5.92. The fourth-order valence-electron chi connectivity index (χ4n) is 4.17. The zero-order valence-electron chi connectivity index (χ0n) is 19.3. The SMILES string of the molecule is COc1ccc(C2=CC(c3ccccc3)C(C(=O)C(C)(C)C)C(C(C)(C)C)=C2)cc1. The van der Waals surface area contributed by atoms with Crippen molar-refractivity contribution in [1.29, 1.82) is 0 Å². The van der Waals surface area contributed by atoms with Crippen molar-refractivity contribution in [2.24, 2.45) is 16.7 Å². The van der Waals surface area contributed by atoms with E-state index in [2.05, 4.69) is 69.3 Å². The summed E-state index contributed by atoms with van der Waals surface area (Å²) >= 11 is 0. The average molecular weight is 403 g/mol. The van der Waals surface area contributed by atoms with Gasteiger partial charge < -0.3 is 4.74 Å². The van der Waals surface area contributed by atoms with E-state index in [0.717, 1.165) is 16.9 Å². The lowest BCUT2D eigenvalue weighted by Gasteiger charge is -2.40. The molecule has 2 atom stereocenters. The maximum absolute atomic E-state index is 13.7. The standard InChI is InChI=1S/C28H34O2/c1-27(2,3)24-18-21(19-13-15-22(30-7)16-14-19)17-23(20-11-9-8-10-12-20)25(24)26(29)28(4,5)6/h8-18,23,25H,1-7H3. The number of hydrogen-bond donors (Lipinski definition) is 0. The molecule has 2 aromatic rings. The van der Waals surface area contributed by atoms with Crippen molar-refractivity contribution >= 4 is 11.4 Å². The van der Waals surface area contributed by atoms with Gasteiger partial charge in [0.05, 0.1) is 13.0 Å². The summed E-state index contributed by atoms with van der Waals surface area (Å²) in [4.78, 5) is 13.7. The topological polar surface area (TPSA) is 26.3 Å². The third-order valence-electron chi connectivity index (χ3n) is 5.86. The smallest absolute Gasteiger partial charge is 0.146 e. The lowest BCUT2D eigenvalue weighted by molar-refractivity contribution is -0.130. The van der Waals surface area contributed by atoms with Crippen LogP contribution < -0.4 is 4.74 Å². The summed E-state index contributed by atoms with van der Waals surface area (Å²) in [5.74, 6) is 0.974. The van der Waals surface area contributed by atoms with Gasteiger partial charge in [0, 0.05) is 11.3 Å². The molecule has 0 heterocycles. The molecule has 0 aliphatic heterocycles. The molecule has 2 heteroatoms. The van der Waals surface area contributed by atoms with Gasteiger partial charge in [-0.05, 0) is 34.2 Å². The van der Waals surface area contributed by atoms with Crippen LogP contribution in [-0.2, 0) is 4.79 Å². The third-order valence-corrected chi connectivity index (χ3v) is 5.86. The number of ketones is 1. The molecule has 1 aliphatic rings. The molecule has 3 rings (SSSR count). The molecule has 0 radical (unpaired) electrons. The number of methoxy groups -OCH3 is 1. The van der Waals surface area contributed by atoms with E-state index < -0.39 is 5.41 Å². The fraction of sp³-hybridized carbons (Fsp3) is 0.393. The van der Waals surface area contributed by atoms with Gasteiger partial charge in [0.2, 0.25) is 0 Å². The summed E-state index contributed by atoms with van der Waals surface area (Å²) in [6, 6.07) is 18.6. The van der Waals surface area contributed by atoms with E-state index in [1.165, 1.54) is 11.1 Å². The first-order chi connectivity index (χ1) is 14.0. The van der Waals surface area contributed by atoms with Gasteiger partial charge in [0.15, 0.2) is 0 Å². The van der Waals surface area contributed by atoms with Crippen LogP contribution in [0, 0.1) is 16.7 Å². The number of carbonyl (C=O) groups is 1. The maximum Gasteiger partial charge on any atom is 0.146 e. The van der Waals surface area contributed by atoms with Gasteiger partial charge in [-0.2, -0.15) is 0 Å². The van der Waals surface area contributed by atoms with Crippen LogP contribution in [-0.4, -0.2) is 12.9 Å². The molecule has 0 amide bonds. The van der Waals surface area contributed by atoms with Gasteiger partial charge >= 0.3 is 0 Å². The van der Waals surface area contributed by atoms with Crippen molar-refractivity contribution in [1.82, 2.24) is 0 Å². The Hall–Kier alpha value is -2.61. The first-order valence-corrected chi connectivity index (χ1v) is 10.7. The highest BCUT2D eigenvalue weighted by atomic mass is 16.5. The summed E-state index contributed by atoms with van der Waals surface area (Å²) in [5, 5.41) is 0. The minimum atomic E-state index is -0.409. The molecule has 0 bridgehead atoms. The molecule has 0 spiro atoms. The Kier molecular flexibility index (Phi) is 6.08. The number of benzene rings is 2. The van der Waals surface area contributed by atoms with Gasteiger partial charge in [-0.1, -0.05) is 102 Å². The van der Waals surface area contributed by atoms with E-state index in [1.807, 2.05) is 39.0 Å². The van der Waals surface area contributed by atoms with Gasteiger partial charge in [-0.3, -0.25) is 4.79 Å². The average Bonchev–Trinajstić information content (AvgIpc) is 2.71. The minimum absolute atomic E-state index is 0.00857. The predicted molar refractivity (Wildman–Crippen MR) is 126 cm³/mol. The van der Waals surface area contributed by atoms with Crippen LogP contribution in [0.3, 0.4) is 0 Å². The van der Waals surface area contributed by atoms with Crippen LogP contribution in [0.4, 0.5) is 0 Å². The highest BCUT2D eigenvalue weighted by Gasteiger charge is 2.42. The summed E-state index contributed by atoms with van der Waals surface area (Å²) in [6.07, 6.45) is 4.52. The molecule has 0 fully saturated rings. The Balaban J connectivity index is 2.20. The number of rotatable bonds is 4. The first-order valence-electron chi connectivity index (χ1n) is 10.7. The van der Waals surface area contributed by atoms with Gasteiger partial charge in [0.25, 0.3) is 0 Å². The van der Waals surface area contributed by atoms with Crippen molar-refractivity contribution < 1.29 is 9.53 Å². The molecule has 2 unspecified atom stereocenters. The summed E-state index contributed by atoms with van der Waals surface area (Å²) < 4.78 is 5.33. The van der Waals surface area contributed by atoms with E-state index in [-0.39, 0.29) is 17.3 Å². The Morgan fingerprint density at radius 1 is 0.867 bits per heavy atom. The van der Waals surface area contributed by atoms with Crippen LogP contribution in [0.15, 0.2) is 72.3 Å². The predicted octanol–water partition coefficient (Wildman–Crippen LogP) is 7.08. The Morgan fingerprint density at radius 3 is 1.97 bits per heavy atom. The second-order valence-corrected chi connectivity index (χ2v) is 10.2. The second-order valence-electron chi connectivity index (χ2n) is 10.2. The molecule has 0 saturated heterocycles. The van der Waals surface area contributed by atoms with Crippen molar-refractivity contribution in [2.75, 3.05) is 7.11 Å². The quantitative estimate of drug-likeness (QED) is 0.546. The Labute approximate surface area is 181 Å². The van der Waals surface area contributed by atoms with Crippen molar-refractivity contribution in [2.45, 2.75) is 47.5 Å². The molecule has 2 nitrogen and oxygen atoms in total. The number of carbonyl (C=O) groups excluding carboxylic acids is 1. The number of ether oxygens (including phenoxy) is 1. The molecule has 1 aliphatic carbocycles. The van der Waals surface area contributed by atoms with E-state index in [1.54, 1.807) is 7.11 Å². The molecule has 2 aromatic carbocycles. The molecule has 158 valence electrons. The first kappa shape index (κ1) is 22.1. The van der Waals surface area contributed by atoms with Crippen LogP contribution >= 0.6 is 0 Å². The van der Waals surface area contributed by atoms with Gasteiger partial charge in [-0.25, -0.2) is 0 Å². The maximum atomic E-state index is 13.7. The summed E-state index contributed by atoms with van der Waals surface area (Å²) in [7, 11) is 1.68. The lowest BCUT2D eigenvalue weighted by Crippen LogP contribution is -2.37. The second kappa shape index (κ2) is 8.26. The van der Waals surface area contributed by atoms with Crippen LogP contribution in [0.2, 0.25) is 0 Å². The van der Waals surface area contributed by atoms with E-state index in [4.69, 9.17) is 4.74 Å².